The maximum atomic E-state index is 11.2. The fourth-order valence-corrected chi connectivity index (χ4v) is 4.99. The van der Waals surface area contributed by atoms with Gasteiger partial charge in [-0.25, -0.2) is 4.31 Å². The zero-order valence-corrected chi connectivity index (χ0v) is 13.0. The minimum Gasteiger partial charge on any atom is -0.274 e. The molecular formula is C7H4Br2ClNO3S2. The molecule has 1 saturated heterocycles. The molecule has 16 heavy (non-hydrogen) atoms. The van der Waals surface area contributed by atoms with Gasteiger partial charge in [0, 0.05) is 20.0 Å². The number of rotatable bonds is 2. The second kappa shape index (κ2) is 4.24. The van der Waals surface area contributed by atoms with Crippen LogP contribution >= 0.6 is 53.9 Å². The van der Waals surface area contributed by atoms with E-state index in [9.17, 15) is 13.2 Å². The Morgan fingerprint density at radius 1 is 1.50 bits per heavy atom. The summed E-state index contributed by atoms with van der Waals surface area (Å²) < 4.78 is 24.7. The Labute approximate surface area is 117 Å². The molecule has 1 atom stereocenters. The first kappa shape index (κ1) is 12.8. The van der Waals surface area contributed by atoms with Crippen LogP contribution in [0.1, 0.15) is 17.3 Å². The van der Waals surface area contributed by atoms with Crippen LogP contribution in [-0.4, -0.2) is 18.6 Å². The normalized spacial score (nSPS) is 21.1. The van der Waals surface area contributed by atoms with Crippen LogP contribution in [0.25, 0.3) is 0 Å². The first-order chi connectivity index (χ1) is 7.30. The summed E-state index contributed by atoms with van der Waals surface area (Å²) in [6, 6.07) is 1.31. The smallest absolute Gasteiger partial charge is 0.274 e. The van der Waals surface area contributed by atoms with Crippen LogP contribution in [0.2, 0.25) is 0 Å². The van der Waals surface area contributed by atoms with Gasteiger partial charge in [0.15, 0.2) is 0 Å². The molecule has 1 aliphatic rings. The van der Waals surface area contributed by atoms with E-state index >= 15 is 0 Å². The fraction of sp³-hybridized carbons (Fsp3) is 0.286. The first-order valence-electron chi connectivity index (χ1n) is 4.02. The molecule has 1 aromatic heterocycles. The van der Waals surface area contributed by atoms with Crippen molar-refractivity contribution in [3.8, 4) is 0 Å². The van der Waals surface area contributed by atoms with E-state index in [1.165, 1.54) is 11.3 Å². The molecule has 0 saturated carbocycles. The second-order valence-electron chi connectivity index (χ2n) is 3.12. The Hall–Kier alpha value is 0.370. The summed E-state index contributed by atoms with van der Waals surface area (Å²) in [6.07, 6.45) is 0.172. The maximum Gasteiger partial charge on any atom is 0.324 e. The van der Waals surface area contributed by atoms with Crippen molar-refractivity contribution in [2.24, 2.45) is 0 Å². The number of hydrogen-bond donors (Lipinski definition) is 0. The van der Waals surface area contributed by atoms with Crippen molar-refractivity contribution in [1.29, 1.82) is 0 Å². The molecule has 2 heterocycles. The van der Waals surface area contributed by atoms with Gasteiger partial charge in [-0.15, -0.1) is 11.3 Å². The predicted molar refractivity (Wildman–Crippen MR) is 68.7 cm³/mol. The molecule has 0 bridgehead atoms. The van der Waals surface area contributed by atoms with E-state index in [0.29, 0.717) is 4.31 Å². The summed E-state index contributed by atoms with van der Waals surface area (Å²) in [6.45, 7) is 0. The van der Waals surface area contributed by atoms with Crippen LogP contribution in [-0.2, 0) is 14.0 Å². The fourth-order valence-electron chi connectivity index (χ4n) is 1.42. The molecule has 0 N–H and O–H groups in total. The standard InChI is InChI=1S/C7H4Br2ClNO3S2/c8-3-1-5(15-7(3)9)4-2-6(12)11(4)16(10,13)14/h1,4H,2H2. The molecule has 1 aromatic rings. The van der Waals surface area contributed by atoms with Gasteiger partial charge in [-0.1, -0.05) is 0 Å². The lowest BCUT2D eigenvalue weighted by Crippen LogP contribution is -2.47. The first-order valence-corrected chi connectivity index (χ1v) is 8.69. The Morgan fingerprint density at radius 3 is 2.50 bits per heavy atom. The van der Waals surface area contributed by atoms with Crippen molar-refractivity contribution in [3.63, 3.8) is 0 Å². The summed E-state index contributed by atoms with van der Waals surface area (Å²) in [5, 5.41) is 0. The van der Waals surface area contributed by atoms with E-state index in [1.54, 1.807) is 6.07 Å². The van der Waals surface area contributed by atoms with E-state index in [2.05, 4.69) is 31.9 Å². The Balaban J connectivity index is 2.34. The van der Waals surface area contributed by atoms with Crippen LogP contribution in [0.3, 0.4) is 0 Å². The predicted octanol–water partition coefficient (Wildman–Crippen LogP) is 3.03. The van der Waals surface area contributed by atoms with E-state index < -0.39 is 21.2 Å². The van der Waals surface area contributed by atoms with Crippen LogP contribution in [0.4, 0.5) is 0 Å². The third-order valence-corrected chi connectivity index (χ3v) is 6.86. The molecule has 1 unspecified atom stereocenters. The Morgan fingerprint density at radius 2 is 2.12 bits per heavy atom. The van der Waals surface area contributed by atoms with Gasteiger partial charge in [0.1, 0.15) is 0 Å². The number of carbonyl (C=O) groups is 1. The van der Waals surface area contributed by atoms with Gasteiger partial charge in [0.05, 0.1) is 16.2 Å². The minimum absolute atomic E-state index is 0.172. The minimum atomic E-state index is -3.98. The third-order valence-electron chi connectivity index (χ3n) is 2.12. The van der Waals surface area contributed by atoms with E-state index in [0.717, 1.165) is 13.1 Å². The highest BCUT2D eigenvalue weighted by molar-refractivity contribution is 9.13. The maximum absolute atomic E-state index is 11.2. The number of carbonyl (C=O) groups excluding carboxylic acids is 1. The van der Waals surface area contributed by atoms with Crippen molar-refractivity contribution in [2.75, 3.05) is 0 Å². The summed E-state index contributed by atoms with van der Waals surface area (Å²) in [5.74, 6) is -0.472. The number of amides is 1. The SMILES string of the molecule is O=C1CC(c2cc(Br)c(Br)s2)N1S(=O)(=O)Cl. The zero-order chi connectivity index (χ0) is 12.1. The number of thiophene rings is 1. The number of halogens is 3. The highest BCUT2D eigenvalue weighted by Gasteiger charge is 2.45. The third kappa shape index (κ3) is 2.17. The van der Waals surface area contributed by atoms with E-state index in [4.69, 9.17) is 10.7 Å². The lowest BCUT2D eigenvalue weighted by atomic mass is 10.1. The number of β-lactam (4-membered cyclic amide) rings is 1. The lowest BCUT2D eigenvalue weighted by molar-refractivity contribution is -0.137. The monoisotopic (exact) mass is 407 g/mol. The van der Waals surface area contributed by atoms with Gasteiger partial charge in [0.25, 0.3) is 0 Å². The van der Waals surface area contributed by atoms with Crippen molar-refractivity contribution in [1.82, 2.24) is 4.31 Å². The number of nitrogens with zero attached hydrogens (tertiary/aromatic N) is 1. The van der Waals surface area contributed by atoms with E-state index in [1.807, 2.05) is 0 Å². The van der Waals surface area contributed by atoms with Crippen molar-refractivity contribution in [2.45, 2.75) is 12.5 Å². The molecule has 1 fully saturated rings. The lowest BCUT2D eigenvalue weighted by Gasteiger charge is -2.36. The van der Waals surface area contributed by atoms with Crippen molar-refractivity contribution in [3.05, 3.63) is 19.2 Å². The Bertz CT molecular complexity index is 536. The molecular weight excluding hydrogens is 405 g/mol. The van der Waals surface area contributed by atoms with E-state index in [-0.39, 0.29) is 6.42 Å². The average molecular weight is 410 g/mol. The molecule has 88 valence electrons. The molecule has 0 aromatic carbocycles. The van der Waals surface area contributed by atoms with Crippen LogP contribution < -0.4 is 0 Å². The summed E-state index contributed by atoms with van der Waals surface area (Å²) in [4.78, 5) is 12.0. The summed E-state index contributed by atoms with van der Waals surface area (Å²) >= 11 is 7.98. The summed E-state index contributed by atoms with van der Waals surface area (Å²) in [5.41, 5.74) is 0. The zero-order valence-electron chi connectivity index (χ0n) is 7.48. The molecule has 9 heteroatoms. The van der Waals surface area contributed by atoms with Gasteiger partial charge in [-0.2, -0.15) is 8.42 Å². The van der Waals surface area contributed by atoms with Crippen molar-refractivity contribution < 1.29 is 13.2 Å². The summed E-state index contributed by atoms with van der Waals surface area (Å²) in [7, 11) is 1.20. The highest BCUT2D eigenvalue weighted by atomic mass is 79.9. The Kier molecular flexibility index (Phi) is 3.39. The highest BCUT2D eigenvalue weighted by Crippen LogP contribution is 2.44. The van der Waals surface area contributed by atoms with Gasteiger partial charge >= 0.3 is 9.24 Å². The molecule has 0 spiro atoms. The van der Waals surface area contributed by atoms with Crippen molar-refractivity contribution >= 4 is 69.0 Å². The van der Waals surface area contributed by atoms with Gasteiger partial charge in [-0.3, -0.25) is 4.79 Å². The molecule has 1 aliphatic heterocycles. The molecule has 0 radical (unpaired) electrons. The van der Waals surface area contributed by atoms with Crippen LogP contribution in [0.5, 0.6) is 0 Å². The van der Waals surface area contributed by atoms with Crippen LogP contribution in [0.15, 0.2) is 14.3 Å². The molecule has 0 aliphatic carbocycles. The van der Waals surface area contributed by atoms with Crippen LogP contribution in [0, 0.1) is 0 Å². The largest absolute Gasteiger partial charge is 0.324 e. The van der Waals surface area contributed by atoms with Gasteiger partial charge in [-0.05, 0) is 37.9 Å². The van der Waals surface area contributed by atoms with Gasteiger partial charge < -0.3 is 0 Å². The average Bonchev–Trinajstić information content (AvgIpc) is 2.39. The molecule has 2 rings (SSSR count). The topological polar surface area (TPSA) is 54.5 Å². The number of hydrogen-bond acceptors (Lipinski definition) is 4. The molecule has 1 amide bonds. The molecule has 4 nitrogen and oxygen atoms in total. The second-order valence-corrected chi connectivity index (χ2v) is 8.77. The quantitative estimate of drug-likeness (QED) is 0.557. The van der Waals surface area contributed by atoms with Gasteiger partial charge in [0.2, 0.25) is 5.91 Å².